The second-order valence-corrected chi connectivity index (χ2v) is 6.81. The molecule has 1 amide bonds. The molecule has 0 aliphatic carbocycles. The maximum atomic E-state index is 12.8. The van der Waals surface area contributed by atoms with Crippen molar-refractivity contribution < 1.29 is 4.79 Å². The first kappa shape index (κ1) is 17.2. The number of nitrogens with one attached hydrogen (secondary N) is 1. The highest BCUT2D eigenvalue weighted by Gasteiger charge is 2.21. The Bertz CT molecular complexity index is 999. The standard InChI is InChI=1S/C22H22N4O/c1-15-8-3-5-11-18(15)25-22(27)19-14-21(24-16(2)23-19)26-13-7-10-17-9-4-6-12-20(17)26/h3-6,8-9,11-12,14H,7,10,13H2,1-2H3,(H,25,27). The molecule has 1 N–H and O–H groups in total. The van der Waals surface area contributed by atoms with Crippen molar-refractivity contribution in [3.05, 3.63) is 77.2 Å². The third-order valence-corrected chi connectivity index (χ3v) is 4.84. The molecular weight excluding hydrogens is 336 g/mol. The van der Waals surface area contributed by atoms with Crippen LogP contribution in [0.2, 0.25) is 0 Å². The van der Waals surface area contributed by atoms with Gasteiger partial charge >= 0.3 is 0 Å². The normalized spacial score (nSPS) is 13.2. The van der Waals surface area contributed by atoms with Crippen LogP contribution in [0, 0.1) is 13.8 Å². The van der Waals surface area contributed by atoms with Crippen LogP contribution in [0.25, 0.3) is 0 Å². The molecule has 1 aliphatic heterocycles. The van der Waals surface area contributed by atoms with Crippen molar-refractivity contribution >= 4 is 23.1 Å². The van der Waals surface area contributed by atoms with E-state index in [0.29, 0.717) is 11.5 Å². The number of aromatic nitrogens is 2. The summed E-state index contributed by atoms with van der Waals surface area (Å²) in [5, 5.41) is 2.96. The van der Waals surface area contributed by atoms with Gasteiger partial charge < -0.3 is 10.2 Å². The monoisotopic (exact) mass is 358 g/mol. The Morgan fingerprint density at radius 2 is 1.81 bits per heavy atom. The lowest BCUT2D eigenvalue weighted by atomic mass is 10.0. The average molecular weight is 358 g/mol. The van der Waals surface area contributed by atoms with E-state index in [4.69, 9.17) is 0 Å². The largest absolute Gasteiger partial charge is 0.326 e. The minimum atomic E-state index is -0.221. The molecule has 1 aliphatic rings. The number of para-hydroxylation sites is 2. The van der Waals surface area contributed by atoms with Crippen molar-refractivity contribution in [2.45, 2.75) is 26.7 Å². The highest BCUT2D eigenvalue weighted by atomic mass is 16.1. The van der Waals surface area contributed by atoms with Crippen LogP contribution in [0.4, 0.5) is 17.2 Å². The molecule has 4 rings (SSSR count). The van der Waals surface area contributed by atoms with E-state index in [2.05, 4.69) is 38.4 Å². The summed E-state index contributed by atoms with van der Waals surface area (Å²) in [5.41, 5.74) is 4.66. The van der Waals surface area contributed by atoms with E-state index < -0.39 is 0 Å². The molecule has 5 nitrogen and oxygen atoms in total. The number of rotatable bonds is 3. The van der Waals surface area contributed by atoms with Gasteiger partial charge in [0.25, 0.3) is 5.91 Å². The smallest absolute Gasteiger partial charge is 0.274 e. The van der Waals surface area contributed by atoms with Crippen LogP contribution < -0.4 is 10.2 Å². The number of fused-ring (bicyclic) bond motifs is 1. The molecule has 0 spiro atoms. The fraction of sp³-hybridized carbons (Fsp3) is 0.227. The molecule has 136 valence electrons. The molecule has 5 heteroatoms. The fourth-order valence-electron chi connectivity index (χ4n) is 3.48. The molecule has 0 fully saturated rings. The summed E-state index contributed by atoms with van der Waals surface area (Å²) in [6.07, 6.45) is 2.13. The van der Waals surface area contributed by atoms with Crippen molar-refractivity contribution in [1.29, 1.82) is 0 Å². The lowest BCUT2D eigenvalue weighted by molar-refractivity contribution is 0.102. The van der Waals surface area contributed by atoms with E-state index in [1.165, 1.54) is 5.56 Å². The zero-order valence-corrected chi connectivity index (χ0v) is 15.6. The van der Waals surface area contributed by atoms with Crippen LogP contribution >= 0.6 is 0 Å². The summed E-state index contributed by atoms with van der Waals surface area (Å²) < 4.78 is 0. The summed E-state index contributed by atoms with van der Waals surface area (Å²) in [7, 11) is 0. The maximum absolute atomic E-state index is 12.8. The minimum Gasteiger partial charge on any atom is -0.326 e. The van der Waals surface area contributed by atoms with Crippen LogP contribution in [0.15, 0.2) is 54.6 Å². The van der Waals surface area contributed by atoms with Crippen LogP contribution in [0.3, 0.4) is 0 Å². The predicted molar refractivity (Wildman–Crippen MR) is 108 cm³/mol. The SMILES string of the molecule is Cc1nc(C(=O)Nc2ccccc2C)cc(N2CCCc3ccccc32)n1. The topological polar surface area (TPSA) is 58.1 Å². The number of carbonyl (C=O) groups is 1. The molecule has 0 atom stereocenters. The Labute approximate surface area is 159 Å². The van der Waals surface area contributed by atoms with E-state index in [-0.39, 0.29) is 5.91 Å². The Hall–Kier alpha value is -3.21. The molecule has 1 aromatic heterocycles. The summed E-state index contributed by atoms with van der Waals surface area (Å²) in [6, 6.07) is 17.9. The summed E-state index contributed by atoms with van der Waals surface area (Å²) >= 11 is 0. The van der Waals surface area contributed by atoms with Gasteiger partial charge in [0.05, 0.1) is 0 Å². The van der Waals surface area contributed by atoms with E-state index in [1.807, 2.05) is 44.2 Å². The van der Waals surface area contributed by atoms with Crippen molar-refractivity contribution in [3.63, 3.8) is 0 Å². The van der Waals surface area contributed by atoms with Gasteiger partial charge in [0.1, 0.15) is 17.3 Å². The third-order valence-electron chi connectivity index (χ3n) is 4.84. The molecule has 3 aromatic rings. The van der Waals surface area contributed by atoms with Gasteiger partial charge in [-0.3, -0.25) is 4.79 Å². The lowest BCUT2D eigenvalue weighted by Gasteiger charge is -2.30. The summed E-state index contributed by atoms with van der Waals surface area (Å²) in [4.78, 5) is 23.9. The van der Waals surface area contributed by atoms with Crippen molar-refractivity contribution in [2.75, 3.05) is 16.8 Å². The molecule has 0 saturated carbocycles. The van der Waals surface area contributed by atoms with Gasteiger partial charge in [0, 0.05) is 24.0 Å². The number of aryl methyl sites for hydroxylation is 3. The second-order valence-electron chi connectivity index (χ2n) is 6.81. The number of hydrogen-bond acceptors (Lipinski definition) is 4. The molecule has 2 aromatic carbocycles. The van der Waals surface area contributed by atoms with Gasteiger partial charge in [-0.1, -0.05) is 36.4 Å². The third kappa shape index (κ3) is 3.53. The minimum absolute atomic E-state index is 0.221. The molecule has 0 radical (unpaired) electrons. The van der Waals surface area contributed by atoms with Gasteiger partial charge in [0.15, 0.2) is 0 Å². The van der Waals surface area contributed by atoms with E-state index in [1.54, 1.807) is 6.07 Å². The van der Waals surface area contributed by atoms with E-state index >= 15 is 0 Å². The number of hydrogen-bond donors (Lipinski definition) is 1. The number of amides is 1. The van der Waals surface area contributed by atoms with Crippen molar-refractivity contribution in [1.82, 2.24) is 9.97 Å². The molecule has 0 unspecified atom stereocenters. The van der Waals surface area contributed by atoms with Crippen LogP contribution in [-0.2, 0) is 6.42 Å². The van der Waals surface area contributed by atoms with E-state index in [9.17, 15) is 4.79 Å². The Balaban J connectivity index is 1.67. The summed E-state index contributed by atoms with van der Waals surface area (Å²) in [6.45, 7) is 4.67. The zero-order chi connectivity index (χ0) is 18.8. The van der Waals surface area contributed by atoms with Crippen molar-refractivity contribution in [3.8, 4) is 0 Å². The van der Waals surface area contributed by atoms with E-state index in [0.717, 1.165) is 42.1 Å². The van der Waals surface area contributed by atoms with Gasteiger partial charge in [0.2, 0.25) is 0 Å². The van der Waals surface area contributed by atoms with Gasteiger partial charge in [-0.15, -0.1) is 0 Å². The predicted octanol–water partition coefficient (Wildman–Crippen LogP) is 4.43. The van der Waals surface area contributed by atoms with Crippen molar-refractivity contribution in [2.24, 2.45) is 0 Å². The van der Waals surface area contributed by atoms with Gasteiger partial charge in [-0.2, -0.15) is 0 Å². The fourth-order valence-corrected chi connectivity index (χ4v) is 3.48. The first-order valence-corrected chi connectivity index (χ1v) is 9.20. The molecular formula is C22H22N4O. The second kappa shape index (κ2) is 7.19. The van der Waals surface area contributed by atoms with Gasteiger partial charge in [-0.25, -0.2) is 9.97 Å². The maximum Gasteiger partial charge on any atom is 0.274 e. The Morgan fingerprint density at radius 3 is 2.67 bits per heavy atom. The highest BCUT2D eigenvalue weighted by Crippen LogP contribution is 2.32. The quantitative estimate of drug-likeness (QED) is 0.752. The number of nitrogens with zero attached hydrogens (tertiary/aromatic N) is 3. The van der Waals surface area contributed by atoms with Crippen LogP contribution in [0.1, 0.15) is 33.9 Å². The van der Waals surface area contributed by atoms with Crippen LogP contribution in [0.5, 0.6) is 0 Å². The first-order valence-electron chi connectivity index (χ1n) is 9.20. The zero-order valence-electron chi connectivity index (χ0n) is 15.6. The average Bonchev–Trinajstić information content (AvgIpc) is 2.69. The first-order chi connectivity index (χ1) is 13.1. The highest BCUT2D eigenvalue weighted by molar-refractivity contribution is 6.03. The number of benzene rings is 2. The Morgan fingerprint density at radius 1 is 1.04 bits per heavy atom. The summed E-state index contributed by atoms with van der Waals surface area (Å²) in [5.74, 6) is 1.14. The lowest BCUT2D eigenvalue weighted by Crippen LogP contribution is -2.26. The number of anilines is 3. The Kier molecular flexibility index (Phi) is 4.59. The van der Waals surface area contributed by atoms with Gasteiger partial charge in [-0.05, 0) is 49.9 Å². The molecule has 0 bridgehead atoms. The molecule has 2 heterocycles. The molecule has 0 saturated heterocycles. The van der Waals surface area contributed by atoms with Crippen LogP contribution in [-0.4, -0.2) is 22.4 Å². The molecule has 27 heavy (non-hydrogen) atoms. The number of carbonyl (C=O) groups excluding carboxylic acids is 1.